The van der Waals surface area contributed by atoms with E-state index in [-0.39, 0.29) is 28.3 Å². The van der Waals surface area contributed by atoms with Crippen LogP contribution >= 0.6 is 22.6 Å². The van der Waals surface area contributed by atoms with E-state index in [0.717, 1.165) is 31.6 Å². The Hall–Kier alpha value is -3.34. The van der Waals surface area contributed by atoms with Crippen molar-refractivity contribution in [3.05, 3.63) is 68.8 Å². The summed E-state index contributed by atoms with van der Waals surface area (Å²) < 4.78 is 11.7. The molecule has 3 aromatic rings. The van der Waals surface area contributed by atoms with Gasteiger partial charge < -0.3 is 24.9 Å². The minimum Gasteiger partial charge on any atom is -0.507 e. The third-order valence-electron chi connectivity index (χ3n) is 6.31. The average Bonchev–Trinajstić information content (AvgIpc) is 3.36. The molecule has 0 bridgehead atoms. The molecular weight excluding hydrogens is 621 g/mol. The first kappa shape index (κ1) is 31.2. The number of aromatic hydroxyl groups is 1. The van der Waals surface area contributed by atoms with Crippen molar-refractivity contribution in [3.63, 3.8) is 0 Å². The number of benzene rings is 2. The van der Waals surface area contributed by atoms with Crippen molar-refractivity contribution in [2.45, 2.75) is 58.8 Å². The summed E-state index contributed by atoms with van der Waals surface area (Å²) in [7, 11) is 1.60. The van der Waals surface area contributed by atoms with Crippen LogP contribution in [0.2, 0.25) is 0 Å². The molecule has 0 saturated heterocycles. The SMILES string of the molecule is COc1ccc(-c2ocnc2C(=O)NCCCNC(=O)/C=C/c2cc(C(C)(C)C)c(O)c(C(C)(C)C)c2)cc1I. The fourth-order valence-electron chi connectivity index (χ4n) is 4.13. The summed E-state index contributed by atoms with van der Waals surface area (Å²) in [5.41, 5.74) is 2.96. The summed E-state index contributed by atoms with van der Waals surface area (Å²) in [4.78, 5) is 29.2. The van der Waals surface area contributed by atoms with Crippen LogP contribution in [0, 0.1) is 3.57 Å². The van der Waals surface area contributed by atoms with Crippen LogP contribution in [-0.2, 0) is 15.6 Å². The molecule has 9 heteroatoms. The first-order valence-electron chi connectivity index (χ1n) is 13.1. The van der Waals surface area contributed by atoms with Crippen LogP contribution in [0.4, 0.5) is 0 Å². The number of nitrogens with one attached hydrogen (secondary N) is 2. The van der Waals surface area contributed by atoms with Crippen molar-refractivity contribution in [1.82, 2.24) is 15.6 Å². The fourth-order valence-corrected chi connectivity index (χ4v) is 4.87. The Bertz CT molecular complexity index is 1360. The number of rotatable bonds is 9. The quantitative estimate of drug-likeness (QED) is 0.143. The van der Waals surface area contributed by atoms with Crippen molar-refractivity contribution >= 4 is 40.5 Å². The van der Waals surface area contributed by atoms with Gasteiger partial charge in [-0.1, -0.05) is 41.5 Å². The highest BCUT2D eigenvalue weighted by Gasteiger charge is 2.26. The lowest BCUT2D eigenvalue weighted by Crippen LogP contribution is -2.29. The summed E-state index contributed by atoms with van der Waals surface area (Å²) in [6, 6.07) is 9.34. The summed E-state index contributed by atoms with van der Waals surface area (Å²) in [5, 5.41) is 16.6. The number of aromatic nitrogens is 1. The topological polar surface area (TPSA) is 114 Å². The third-order valence-corrected chi connectivity index (χ3v) is 7.15. The van der Waals surface area contributed by atoms with Crippen LogP contribution in [0.5, 0.6) is 11.5 Å². The lowest BCUT2D eigenvalue weighted by molar-refractivity contribution is -0.116. The number of hydrogen-bond acceptors (Lipinski definition) is 6. The normalized spacial score (nSPS) is 12.0. The summed E-state index contributed by atoms with van der Waals surface area (Å²) in [6.07, 6.45) is 5.03. The van der Waals surface area contributed by atoms with Crippen LogP contribution in [0.3, 0.4) is 0 Å². The molecule has 214 valence electrons. The van der Waals surface area contributed by atoms with Crippen molar-refractivity contribution in [2.24, 2.45) is 0 Å². The largest absolute Gasteiger partial charge is 0.507 e. The molecule has 8 nitrogen and oxygen atoms in total. The maximum atomic E-state index is 12.7. The number of amides is 2. The number of hydrogen-bond donors (Lipinski definition) is 3. The lowest BCUT2D eigenvalue weighted by Gasteiger charge is -2.27. The molecule has 1 aromatic heterocycles. The zero-order valence-electron chi connectivity index (χ0n) is 24.1. The number of phenolic OH excluding ortho intramolecular Hbond substituents is 1. The molecule has 0 radical (unpaired) electrons. The average molecular weight is 660 g/mol. The summed E-state index contributed by atoms with van der Waals surface area (Å²) >= 11 is 2.16. The number of oxazole rings is 1. The van der Waals surface area contributed by atoms with Gasteiger partial charge in [0, 0.05) is 35.9 Å². The molecule has 3 rings (SSSR count). The van der Waals surface area contributed by atoms with Crippen molar-refractivity contribution in [2.75, 3.05) is 20.2 Å². The highest BCUT2D eigenvalue weighted by atomic mass is 127. The summed E-state index contributed by atoms with van der Waals surface area (Å²) in [6.45, 7) is 13.1. The maximum Gasteiger partial charge on any atom is 0.273 e. The van der Waals surface area contributed by atoms with Gasteiger partial charge in [-0.05, 0) is 81.8 Å². The number of methoxy groups -OCH3 is 1. The van der Waals surface area contributed by atoms with Gasteiger partial charge in [-0.25, -0.2) is 4.98 Å². The van der Waals surface area contributed by atoms with Gasteiger partial charge in [0.05, 0.1) is 10.7 Å². The molecule has 0 atom stereocenters. The third kappa shape index (κ3) is 7.87. The molecule has 2 aromatic carbocycles. The highest BCUT2D eigenvalue weighted by molar-refractivity contribution is 14.1. The number of phenols is 1. The molecule has 0 aliphatic rings. The Morgan fingerprint density at radius 3 is 2.23 bits per heavy atom. The van der Waals surface area contributed by atoms with Gasteiger partial charge >= 0.3 is 0 Å². The second-order valence-electron chi connectivity index (χ2n) is 11.6. The van der Waals surface area contributed by atoms with Gasteiger partial charge in [0.1, 0.15) is 11.5 Å². The Kier molecular flexibility index (Phi) is 10.0. The predicted octanol–water partition coefficient (Wildman–Crippen LogP) is 6.20. The monoisotopic (exact) mass is 659 g/mol. The molecule has 2 amide bonds. The van der Waals surface area contributed by atoms with Crippen LogP contribution in [0.25, 0.3) is 17.4 Å². The second kappa shape index (κ2) is 12.9. The van der Waals surface area contributed by atoms with Gasteiger partial charge in [0.2, 0.25) is 5.91 Å². The van der Waals surface area contributed by atoms with Crippen molar-refractivity contribution < 1.29 is 23.8 Å². The molecular formula is C31H38IN3O5. The van der Waals surface area contributed by atoms with E-state index >= 15 is 0 Å². The van der Waals surface area contributed by atoms with E-state index in [1.165, 1.54) is 12.5 Å². The summed E-state index contributed by atoms with van der Waals surface area (Å²) in [5.74, 6) is 0.841. The Labute approximate surface area is 249 Å². The minimum atomic E-state index is -0.350. The lowest BCUT2D eigenvalue weighted by atomic mass is 9.78. The second-order valence-corrected chi connectivity index (χ2v) is 12.7. The smallest absolute Gasteiger partial charge is 0.273 e. The van der Waals surface area contributed by atoms with Gasteiger partial charge in [0.15, 0.2) is 17.8 Å². The van der Waals surface area contributed by atoms with Gasteiger partial charge in [-0.15, -0.1) is 0 Å². The first-order valence-corrected chi connectivity index (χ1v) is 14.2. The van der Waals surface area contributed by atoms with E-state index in [1.54, 1.807) is 13.2 Å². The molecule has 0 unspecified atom stereocenters. The fraction of sp³-hybridized carbons (Fsp3) is 0.387. The van der Waals surface area contributed by atoms with E-state index in [0.29, 0.717) is 31.0 Å². The number of carbonyl (C=O) groups excluding carboxylic acids is 2. The highest BCUT2D eigenvalue weighted by Crippen LogP contribution is 2.40. The molecule has 0 spiro atoms. The molecule has 0 saturated carbocycles. The van der Waals surface area contributed by atoms with Gasteiger partial charge in [0.25, 0.3) is 5.91 Å². The number of carbonyl (C=O) groups is 2. The van der Waals surface area contributed by atoms with Crippen LogP contribution in [-0.4, -0.2) is 42.1 Å². The molecule has 3 N–H and O–H groups in total. The molecule has 0 aliphatic carbocycles. The predicted molar refractivity (Wildman–Crippen MR) is 166 cm³/mol. The van der Waals surface area contributed by atoms with Gasteiger partial charge in [-0.2, -0.15) is 0 Å². The van der Waals surface area contributed by atoms with Crippen LogP contribution < -0.4 is 15.4 Å². The van der Waals surface area contributed by atoms with Crippen molar-refractivity contribution in [3.8, 4) is 22.8 Å². The zero-order chi connectivity index (χ0) is 29.7. The first-order chi connectivity index (χ1) is 18.7. The number of halogens is 1. The molecule has 40 heavy (non-hydrogen) atoms. The van der Waals surface area contributed by atoms with E-state index in [2.05, 4.69) is 79.8 Å². The van der Waals surface area contributed by atoms with Crippen LogP contribution in [0.1, 0.15) is 75.1 Å². The Balaban J connectivity index is 1.54. The molecule has 1 heterocycles. The zero-order valence-corrected chi connectivity index (χ0v) is 26.3. The molecule has 0 aliphatic heterocycles. The number of ether oxygens (including phenoxy) is 1. The Morgan fingerprint density at radius 1 is 1.02 bits per heavy atom. The van der Waals surface area contributed by atoms with E-state index in [4.69, 9.17) is 9.15 Å². The Morgan fingerprint density at radius 2 is 1.65 bits per heavy atom. The standard InChI is InChI=1S/C31H38IN3O5/c1-30(2,3)21-15-19(16-22(27(21)37)31(4,5)6)9-12-25(36)33-13-8-14-34-29(38)26-28(40-18-35-26)20-10-11-24(39-7)23(32)17-20/h9-12,15-18,37H,8,13-14H2,1-7H3,(H,33,36)(H,34,38)/b12-9+. The van der Waals surface area contributed by atoms with Crippen molar-refractivity contribution in [1.29, 1.82) is 0 Å². The van der Waals surface area contributed by atoms with Crippen LogP contribution in [0.15, 0.2) is 47.2 Å². The van der Waals surface area contributed by atoms with E-state index in [1.807, 2.05) is 30.3 Å². The van der Waals surface area contributed by atoms with E-state index < -0.39 is 0 Å². The minimum absolute atomic E-state index is 0.200. The van der Waals surface area contributed by atoms with Gasteiger partial charge in [-0.3, -0.25) is 9.59 Å². The van der Waals surface area contributed by atoms with E-state index in [9.17, 15) is 14.7 Å². The number of nitrogens with zero attached hydrogens (tertiary/aromatic N) is 1. The molecule has 0 fully saturated rings. The maximum absolute atomic E-state index is 12.7.